The van der Waals surface area contributed by atoms with Crippen LogP contribution in [0.1, 0.15) is 40.8 Å². The van der Waals surface area contributed by atoms with Gasteiger partial charge in [0, 0.05) is 7.11 Å². The Hall–Kier alpha value is -1.89. The van der Waals surface area contributed by atoms with Gasteiger partial charge in [-0.2, -0.15) is 0 Å². The standard InChI is InChI=1S/C12H17NO6/c1-12(2,18-5)6-7-13-8(10(14)16-3)9(19-7)11(15)17-4/h6H2,1-5H3. The van der Waals surface area contributed by atoms with E-state index in [9.17, 15) is 9.59 Å². The molecule has 7 nitrogen and oxygen atoms in total. The van der Waals surface area contributed by atoms with Crippen molar-refractivity contribution in [3.63, 3.8) is 0 Å². The van der Waals surface area contributed by atoms with Crippen molar-refractivity contribution in [2.24, 2.45) is 0 Å². The van der Waals surface area contributed by atoms with Gasteiger partial charge in [-0.05, 0) is 13.8 Å². The van der Waals surface area contributed by atoms with Crippen LogP contribution >= 0.6 is 0 Å². The second-order valence-electron chi connectivity index (χ2n) is 4.41. The number of methoxy groups -OCH3 is 3. The van der Waals surface area contributed by atoms with E-state index in [1.807, 2.05) is 13.8 Å². The van der Waals surface area contributed by atoms with E-state index in [1.165, 1.54) is 14.2 Å². The largest absolute Gasteiger partial charge is 0.464 e. The molecule has 0 amide bonds. The van der Waals surface area contributed by atoms with Crippen molar-refractivity contribution in [2.75, 3.05) is 21.3 Å². The van der Waals surface area contributed by atoms with Crippen molar-refractivity contribution in [3.05, 3.63) is 17.3 Å². The third kappa shape index (κ3) is 3.54. The van der Waals surface area contributed by atoms with Gasteiger partial charge in [-0.15, -0.1) is 0 Å². The van der Waals surface area contributed by atoms with Gasteiger partial charge < -0.3 is 18.6 Å². The molecule has 0 atom stereocenters. The molecule has 0 saturated heterocycles. The Morgan fingerprint density at radius 2 is 1.74 bits per heavy atom. The molecule has 1 rings (SSSR count). The highest BCUT2D eigenvalue weighted by Crippen LogP contribution is 2.20. The van der Waals surface area contributed by atoms with Crippen LogP contribution in [-0.4, -0.2) is 43.9 Å². The summed E-state index contributed by atoms with van der Waals surface area (Å²) in [5.74, 6) is -1.61. The Morgan fingerprint density at radius 1 is 1.16 bits per heavy atom. The molecule has 0 spiro atoms. The lowest BCUT2D eigenvalue weighted by atomic mass is 10.1. The van der Waals surface area contributed by atoms with Crippen LogP contribution < -0.4 is 0 Å². The number of esters is 2. The topological polar surface area (TPSA) is 87.9 Å². The summed E-state index contributed by atoms with van der Waals surface area (Å²) in [6.45, 7) is 3.65. The third-order valence-corrected chi connectivity index (χ3v) is 2.55. The molecule has 0 N–H and O–H groups in total. The molecule has 1 aromatic heterocycles. The summed E-state index contributed by atoms with van der Waals surface area (Å²) in [6, 6.07) is 0. The van der Waals surface area contributed by atoms with Gasteiger partial charge in [0.2, 0.25) is 11.5 Å². The Bertz CT molecular complexity index is 443. The molecule has 0 aliphatic carbocycles. The zero-order chi connectivity index (χ0) is 14.6. The molecular formula is C12H17NO6. The highest BCUT2D eigenvalue weighted by molar-refractivity contribution is 5.99. The summed E-state index contributed by atoms with van der Waals surface area (Å²) in [5, 5.41) is 0. The van der Waals surface area contributed by atoms with Gasteiger partial charge in [0.1, 0.15) is 0 Å². The monoisotopic (exact) mass is 271 g/mol. The number of hydrogen-bond acceptors (Lipinski definition) is 7. The lowest BCUT2D eigenvalue weighted by Gasteiger charge is -2.20. The minimum Gasteiger partial charge on any atom is -0.464 e. The van der Waals surface area contributed by atoms with E-state index in [2.05, 4.69) is 14.5 Å². The molecule has 0 aromatic carbocycles. The average molecular weight is 271 g/mol. The maximum atomic E-state index is 11.5. The summed E-state index contributed by atoms with van der Waals surface area (Å²) >= 11 is 0. The van der Waals surface area contributed by atoms with Gasteiger partial charge in [0.15, 0.2) is 5.89 Å². The summed E-state index contributed by atoms with van der Waals surface area (Å²) in [6.07, 6.45) is 0.296. The van der Waals surface area contributed by atoms with Crippen LogP contribution in [0.3, 0.4) is 0 Å². The first-order valence-electron chi connectivity index (χ1n) is 5.56. The van der Waals surface area contributed by atoms with Gasteiger partial charge in [-0.1, -0.05) is 0 Å². The zero-order valence-electron chi connectivity index (χ0n) is 11.6. The highest BCUT2D eigenvalue weighted by Gasteiger charge is 2.29. The first-order chi connectivity index (χ1) is 8.84. The van der Waals surface area contributed by atoms with Crippen molar-refractivity contribution >= 4 is 11.9 Å². The van der Waals surface area contributed by atoms with E-state index in [4.69, 9.17) is 9.15 Å². The molecule has 1 heterocycles. The van der Waals surface area contributed by atoms with Crippen molar-refractivity contribution in [2.45, 2.75) is 25.9 Å². The number of rotatable bonds is 5. The fourth-order valence-corrected chi connectivity index (χ4v) is 1.34. The van der Waals surface area contributed by atoms with E-state index in [1.54, 1.807) is 7.11 Å². The first kappa shape index (κ1) is 15.2. The van der Waals surface area contributed by atoms with Crippen molar-refractivity contribution in [1.82, 2.24) is 4.98 Å². The van der Waals surface area contributed by atoms with Gasteiger partial charge in [-0.3, -0.25) is 0 Å². The molecule has 0 saturated carbocycles. The first-order valence-corrected chi connectivity index (χ1v) is 5.56. The van der Waals surface area contributed by atoms with E-state index >= 15 is 0 Å². The van der Waals surface area contributed by atoms with Gasteiger partial charge >= 0.3 is 11.9 Å². The zero-order valence-corrected chi connectivity index (χ0v) is 11.6. The second kappa shape index (κ2) is 5.83. The molecule has 0 unspecified atom stereocenters. The maximum Gasteiger partial charge on any atom is 0.376 e. The number of hydrogen-bond donors (Lipinski definition) is 0. The molecule has 106 valence electrons. The molecule has 0 fully saturated rings. The summed E-state index contributed by atoms with van der Waals surface area (Å²) in [4.78, 5) is 27.0. The quantitative estimate of drug-likeness (QED) is 0.744. The van der Waals surface area contributed by atoms with Gasteiger partial charge in [0.05, 0.1) is 26.2 Å². The predicted molar refractivity (Wildman–Crippen MR) is 64.0 cm³/mol. The van der Waals surface area contributed by atoms with Crippen LogP contribution in [0.4, 0.5) is 0 Å². The van der Waals surface area contributed by atoms with Gasteiger partial charge in [-0.25, -0.2) is 14.6 Å². The number of carbonyl (C=O) groups is 2. The fraction of sp³-hybridized carbons (Fsp3) is 0.583. The number of nitrogens with zero attached hydrogens (tertiary/aromatic N) is 1. The van der Waals surface area contributed by atoms with Crippen LogP contribution in [0.2, 0.25) is 0 Å². The SMILES string of the molecule is COC(=O)c1nc(CC(C)(C)OC)oc1C(=O)OC. The predicted octanol–water partition coefficient (Wildman–Crippen LogP) is 1.22. The van der Waals surface area contributed by atoms with Crippen LogP contribution in [0.5, 0.6) is 0 Å². The Labute approximate surface area is 110 Å². The second-order valence-corrected chi connectivity index (χ2v) is 4.41. The van der Waals surface area contributed by atoms with Crippen molar-refractivity contribution in [1.29, 1.82) is 0 Å². The normalized spacial score (nSPS) is 11.2. The molecule has 1 aromatic rings. The molecule has 0 aliphatic heterocycles. The van der Waals surface area contributed by atoms with E-state index < -0.39 is 17.5 Å². The summed E-state index contributed by atoms with van der Waals surface area (Å²) in [7, 11) is 3.92. The average Bonchev–Trinajstić information content (AvgIpc) is 2.79. The molecular weight excluding hydrogens is 254 g/mol. The minimum atomic E-state index is -0.783. The molecule has 0 bridgehead atoms. The molecule has 0 aliphatic rings. The molecule has 19 heavy (non-hydrogen) atoms. The number of ether oxygens (including phenoxy) is 3. The lowest BCUT2D eigenvalue weighted by molar-refractivity contribution is 0.0174. The summed E-state index contributed by atoms with van der Waals surface area (Å²) in [5.41, 5.74) is -0.734. The maximum absolute atomic E-state index is 11.5. The Balaban J connectivity index is 3.13. The third-order valence-electron chi connectivity index (χ3n) is 2.55. The van der Waals surface area contributed by atoms with Crippen molar-refractivity contribution in [3.8, 4) is 0 Å². The Morgan fingerprint density at radius 3 is 2.21 bits per heavy atom. The number of aromatic nitrogens is 1. The molecule has 0 radical (unpaired) electrons. The minimum absolute atomic E-state index is 0.198. The Kier molecular flexibility index (Phi) is 4.66. The van der Waals surface area contributed by atoms with Crippen LogP contribution in [0, 0.1) is 0 Å². The smallest absolute Gasteiger partial charge is 0.376 e. The van der Waals surface area contributed by atoms with E-state index in [0.29, 0.717) is 6.42 Å². The lowest BCUT2D eigenvalue weighted by Crippen LogP contribution is -2.25. The van der Waals surface area contributed by atoms with Gasteiger partial charge in [0.25, 0.3) is 0 Å². The molecule has 7 heteroatoms. The fourth-order valence-electron chi connectivity index (χ4n) is 1.34. The van der Waals surface area contributed by atoms with Crippen LogP contribution in [0.25, 0.3) is 0 Å². The number of oxazole rings is 1. The highest BCUT2D eigenvalue weighted by atomic mass is 16.5. The van der Waals surface area contributed by atoms with Crippen molar-refractivity contribution < 1.29 is 28.2 Å². The van der Waals surface area contributed by atoms with Crippen LogP contribution in [-0.2, 0) is 20.6 Å². The number of carbonyl (C=O) groups excluding carboxylic acids is 2. The van der Waals surface area contributed by atoms with E-state index in [0.717, 1.165) is 0 Å². The summed E-state index contributed by atoms with van der Waals surface area (Å²) < 4.78 is 19.6. The van der Waals surface area contributed by atoms with Crippen LogP contribution in [0.15, 0.2) is 4.42 Å². The van der Waals surface area contributed by atoms with E-state index in [-0.39, 0.29) is 17.3 Å².